The number of carbonyl (C=O) groups excluding carboxylic acids is 8. The largest absolute Gasteiger partial charge is 0.513 e. The average Bonchev–Trinajstić information content (AvgIpc) is 0.688. The summed E-state index contributed by atoms with van der Waals surface area (Å²) >= 11 is 7.77. The van der Waals surface area contributed by atoms with Gasteiger partial charge in [0.2, 0.25) is 23.5 Å². The molecule has 0 heterocycles. The van der Waals surface area contributed by atoms with Crippen LogP contribution in [0.25, 0.3) is 0 Å². The predicted molar refractivity (Wildman–Crippen MR) is 546 cm³/mol. The van der Waals surface area contributed by atoms with Crippen LogP contribution in [0.3, 0.4) is 0 Å². The Kier molecular flexibility index (Phi) is 33.8. The average molecular weight is 1950 g/mol. The molecule has 15 rings (SSSR count). The normalized spacial score (nSPS) is 36.4. The van der Waals surface area contributed by atoms with Crippen molar-refractivity contribution < 1.29 is 91.6 Å². The minimum atomic E-state index is -0.854. The molecule has 9 fully saturated rings. The first kappa shape index (κ1) is 112. The van der Waals surface area contributed by atoms with Crippen molar-refractivity contribution in [3.8, 4) is 23.0 Å². The third-order valence-electron chi connectivity index (χ3n) is 37.4. The molecule has 13 aliphatic carbocycles. The van der Waals surface area contributed by atoms with Crippen molar-refractivity contribution in [2.75, 3.05) is 40.6 Å². The van der Waals surface area contributed by atoms with Crippen LogP contribution in [0.1, 0.15) is 366 Å². The number of phenols is 2. The predicted octanol–water partition coefficient (Wildman–Crippen LogP) is 26.1. The number of hydrogen-bond donors (Lipinski definition) is 7. The van der Waals surface area contributed by atoms with Gasteiger partial charge in [-0.05, 0) is 323 Å². The highest BCUT2D eigenvalue weighted by Crippen LogP contribution is 2.80. The van der Waals surface area contributed by atoms with Gasteiger partial charge in [-0.3, -0.25) is 19.2 Å². The van der Waals surface area contributed by atoms with Gasteiger partial charge in [-0.2, -0.15) is 12.6 Å². The van der Waals surface area contributed by atoms with Gasteiger partial charge in [0.05, 0.1) is 33.5 Å². The Morgan fingerprint density at radius 1 is 0.456 bits per heavy atom. The Morgan fingerprint density at radius 3 is 1.15 bits per heavy atom. The van der Waals surface area contributed by atoms with Crippen molar-refractivity contribution in [1.82, 2.24) is 0 Å². The molecular formula is C111H169N3O19S3. The number of benzene rings is 2. The highest BCUT2D eigenvalue weighted by atomic mass is 32.2. The van der Waals surface area contributed by atoms with Crippen LogP contribution >= 0.6 is 36.2 Å². The first-order valence-corrected chi connectivity index (χ1v) is 52.2. The minimum Gasteiger partial charge on any atom is -0.504 e. The van der Waals surface area contributed by atoms with Crippen molar-refractivity contribution >= 4 is 84.3 Å². The van der Waals surface area contributed by atoms with Gasteiger partial charge in [0.25, 0.3) is 0 Å². The number of thiol groups is 1. The van der Waals surface area contributed by atoms with E-state index >= 15 is 0 Å². The van der Waals surface area contributed by atoms with E-state index in [-0.39, 0.29) is 155 Å². The number of aromatic hydroxyl groups is 2. The number of ether oxygens (including phenoxy) is 8. The summed E-state index contributed by atoms with van der Waals surface area (Å²) < 4.78 is 39.9. The fraction of sp³-hybridized carbons (Fsp3) is 0.712. The van der Waals surface area contributed by atoms with Gasteiger partial charge < -0.3 is 70.4 Å². The van der Waals surface area contributed by atoms with E-state index in [9.17, 15) is 48.6 Å². The van der Waals surface area contributed by atoms with Crippen molar-refractivity contribution in [2.24, 2.45) is 105 Å². The van der Waals surface area contributed by atoms with Crippen LogP contribution in [-0.4, -0.2) is 120 Å². The molecule has 0 aromatic heterocycles. The van der Waals surface area contributed by atoms with E-state index in [0.29, 0.717) is 45.7 Å². The minimum absolute atomic E-state index is 0. The summed E-state index contributed by atoms with van der Waals surface area (Å²) in [4.78, 5) is 97.8. The molecule has 0 aliphatic heterocycles. The number of fused-ring (bicyclic) bond motifs is 21. The standard InChI is InChI=1S/2C35H51NO5S.C32H43NO5.C4H8O3.C3H8S.CH4O.CH4/c1-10-40-30(39)41-23-17-22-27(21(4)28(23)37)24(42-20(2)3)18-25-33(22,7)14-16-35(9)26-19-32(6,29(36)38)12-11-31(26,5)13-15-34(25,35)8;1-10-40-30(39)41-28-21(4)27-22(17-23(28)37)33(7)14-16-35(9)26-19-32(6,29(36)38)12-11-31(26,5)13-15-34(35,8)25(33)18-24(27)42-20(2)3;1-8-37-27(36)38-25-19(2)20-9-10-23-30(5,21(20)17-22(25)34)14-16-32(7)24-18-29(4,26(33)35)12-11-28(24,3)13-15-31(23,32)6;1-3-7-4(5)6-2;1-3(2)4;1-2;/h2*17-18,20,24,26,37H,10-16,19H2,1-9H3,(H2,36,38);9-10,17,24H,8,11-16,18H2,1-7H3,(H2,33,35);3H2,1-2H3;3-4H,1-2H3;2H,1H3;1H4/t2*24?,26-,31-,32-,33+,34-,35+;24-,28-,29-,30+,31-,32+;;;;/m111..../s1. The summed E-state index contributed by atoms with van der Waals surface area (Å²) in [5, 5.41) is 30.9. The lowest BCUT2D eigenvalue weighted by atomic mass is 9.34. The van der Waals surface area contributed by atoms with E-state index in [1.165, 1.54) is 23.8 Å². The molecule has 760 valence electrons. The number of phenolic OH excluding ortho intramolecular Hbond substituents is 2. The van der Waals surface area contributed by atoms with Crippen LogP contribution in [0, 0.1) is 102 Å². The zero-order chi connectivity index (χ0) is 101. The van der Waals surface area contributed by atoms with Gasteiger partial charge in [-0.1, -0.05) is 194 Å². The molecular weight excluding hydrogens is 1780 g/mol. The van der Waals surface area contributed by atoms with Crippen molar-refractivity contribution in [3.63, 3.8) is 0 Å². The Hall–Kier alpha value is -7.35. The molecule has 2 unspecified atom stereocenters. The zero-order valence-corrected chi connectivity index (χ0v) is 89.7. The molecule has 0 spiro atoms. The summed E-state index contributed by atoms with van der Waals surface area (Å²) in [6.07, 6.45) is 28.9. The molecule has 3 amide bonds. The third-order valence-corrected chi connectivity index (χ3v) is 39.8. The summed E-state index contributed by atoms with van der Waals surface area (Å²) in [6.45, 7) is 62.0. The number of methoxy groups -OCH3 is 1. The number of allylic oxidation sites excluding steroid dienone is 9. The molecule has 2 aromatic carbocycles. The number of ketones is 1. The lowest BCUT2D eigenvalue weighted by molar-refractivity contribution is -0.167. The quantitative estimate of drug-likeness (QED) is 0.0304. The molecule has 22 nitrogen and oxygen atoms in total. The molecule has 25 heteroatoms. The second-order valence-electron chi connectivity index (χ2n) is 46.1. The molecule has 13 aliphatic rings. The number of primary amides is 3. The van der Waals surface area contributed by atoms with Crippen molar-refractivity contribution in [1.29, 1.82) is 0 Å². The molecule has 0 radical (unpaired) electrons. The monoisotopic (exact) mass is 1940 g/mol. The lowest BCUT2D eigenvalue weighted by Crippen LogP contribution is -2.63. The molecule has 9 N–H and O–H groups in total. The number of aliphatic hydroxyl groups excluding tert-OH is 1. The van der Waals surface area contributed by atoms with Crippen molar-refractivity contribution in [3.05, 3.63) is 115 Å². The topological polar surface area (TPSA) is 349 Å². The second kappa shape index (κ2) is 40.9. The van der Waals surface area contributed by atoms with Gasteiger partial charge in [0.15, 0.2) is 28.8 Å². The van der Waals surface area contributed by atoms with Crippen LogP contribution in [0.2, 0.25) is 0 Å². The van der Waals surface area contributed by atoms with E-state index in [0.717, 1.165) is 186 Å². The van der Waals surface area contributed by atoms with Gasteiger partial charge >= 0.3 is 24.6 Å². The van der Waals surface area contributed by atoms with E-state index in [4.69, 9.17) is 50.7 Å². The molecule has 20 atom stereocenters. The van der Waals surface area contributed by atoms with E-state index < -0.39 is 40.9 Å². The van der Waals surface area contributed by atoms with E-state index in [2.05, 4.69) is 178 Å². The van der Waals surface area contributed by atoms with Gasteiger partial charge in [0.1, 0.15) is 0 Å². The van der Waals surface area contributed by atoms with Gasteiger partial charge in [0, 0.05) is 61.2 Å². The Balaban J connectivity index is 0.000000214. The van der Waals surface area contributed by atoms with Crippen LogP contribution in [-0.2, 0) is 58.4 Å². The van der Waals surface area contributed by atoms with Gasteiger partial charge in [-0.25, -0.2) is 19.2 Å². The first-order valence-electron chi connectivity index (χ1n) is 49.8. The number of thioether (sulfide) groups is 2. The highest BCUT2D eigenvalue weighted by Gasteiger charge is 2.72. The number of amides is 3. The molecule has 0 bridgehead atoms. The first-order chi connectivity index (χ1) is 62.6. The summed E-state index contributed by atoms with van der Waals surface area (Å²) in [6, 6.07) is 3.78. The Morgan fingerprint density at radius 2 is 0.794 bits per heavy atom. The molecule has 2 aromatic rings. The summed E-state index contributed by atoms with van der Waals surface area (Å²) in [5.74, 6) is 0.789. The van der Waals surface area contributed by atoms with Crippen LogP contribution in [0.4, 0.5) is 19.2 Å². The maximum absolute atomic E-state index is 13.2. The van der Waals surface area contributed by atoms with E-state index in [1.807, 2.05) is 70.3 Å². The molecule has 0 saturated heterocycles. The SMILES string of the molecule is C.CC(C)S.CCOC(=O)OC.CCOC(=O)OC1=C(C)C2=CC=C3[C@@](C)(CC[C@@]4(C)[C@@H]5C[C@](C)(C(N)=O)CC[C@]5(C)CC[C@]34C)C2=CC1=O.CCOC(=O)Oc1c(O)cc2c(c1C)C(SC(C)C)C=C1[C@@]2(C)CC[C@@]2(C)[C@@H]3C[C@](C)(C(N)=O)CC[C@]3(C)CC[C@]12C.CCOC(=O)Oc1cc2c(c(C)c1O)C(SC(C)C)C=C1[C@@]2(C)CC[C@@]2(C)[C@@H]3C[C@](C)(C(N)=O)CC[C@]3(C)CC[C@]12C.CO. The smallest absolute Gasteiger partial charge is 0.504 e. The summed E-state index contributed by atoms with van der Waals surface area (Å²) in [5.41, 5.74) is 29.3. The van der Waals surface area contributed by atoms with Crippen LogP contribution in [0.5, 0.6) is 23.0 Å². The highest BCUT2D eigenvalue weighted by molar-refractivity contribution is 8.00. The molecule has 9 saturated carbocycles. The van der Waals surface area contributed by atoms with Crippen LogP contribution in [0.15, 0.2) is 81.7 Å². The maximum atomic E-state index is 13.2. The van der Waals surface area contributed by atoms with E-state index in [1.54, 1.807) is 33.8 Å². The third kappa shape index (κ3) is 19.4. The molecule has 136 heavy (non-hydrogen) atoms. The van der Waals surface area contributed by atoms with Gasteiger partial charge in [-0.15, -0.1) is 23.5 Å². The van der Waals surface area contributed by atoms with Crippen LogP contribution < -0.4 is 26.7 Å². The number of nitrogens with two attached hydrogens (primary N) is 3. The maximum Gasteiger partial charge on any atom is 0.513 e. The fourth-order valence-corrected chi connectivity index (χ4v) is 31.0. The number of rotatable bonds is 14. The summed E-state index contributed by atoms with van der Waals surface area (Å²) in [7, 11) is 2.28. The Bertz CT molecular complexity index is 5120. The number of hydrogen-bond acceptors (Lipinski definition) is 22. The number of carbonyl (C=O) groups is 8. The van der Waals surface area contributed by atoms with Crippen molar-refractivity contribution in [2.45, 2.75) is 373 Å². The zero-order valence-electron chi connectivity index (χ0n) is 87.2. The number of aliphatic hydroxyl groups is 1. The Labute approximate surface area is 827 Å². The lowest BCUT2D eigenvalue weighted by Gasteiger charge is -2.70. The second-order valence-corrected chi connectivity index (χ2v) is 50.6. The fourth-order valence-electron chi connectivity index (χ4n) is 28.5.